The average molecular weight is 436 g/mol. The van der Waals surface area contributed by atoms with Crippen molar-refractivity contribution in [3.8, 4) is 5.75 Å². The fourth-order valence-corrected chi connectivity index (χ4v) is 3.57. The van der Waals surface area contributed by atoms with Crippen LogP contribution in [0.1, 0.15) is 43.9 Å². The lowest BCUT2D eigenvalue weighted by Crippen LogP contribution is -2.29. The normalized spacial score (nSPS) is 15.2. The first kappa shape index (κ1) is 21.5. The second-order valence-corrected chi connectivity index (χ2v) is 7.53. The summed E-state index contributed by atoms with van der Waals surface area (Å²) in [7, 11) is 0. The summed E-state index contributed by atoms with van der Waals surface area (Å²) in [6.45, 7) is 4.36. The summed E-state index contributed by atoms with van der Waals surface area (Å²) in [5.74, 6) is 0.467. The number of ether oxygens (including phenoxy) is 2. The minimum Gasteiger partial charge on any atom is -0.489 e. The van der Waals surface area contributed by atoms with E-state index in [2.05, 4.69) is 15.4 Å². The van der Waals surface area contributed by atoms with E-state index in [-0.39, 0.29) is 18.4 Å². The van der Waals surface area contributed by atoms with Crippen LogP contribution in [0.2, 0.25) is 0 Å². The van der Waals surface area contributed by atoms with Crippen LogP contribution in [0.3, 0.4) is 0 Å². The van der Waals surface area contributed by atoms with Gasteiger partial charge in [0.2, 0.25) is 5.95 Å². The molecule has 2 aromatic carbocycles. The van der Waals surface area contributed by atoms with Gasteiger partial charge in [-0.05, 0) is 37.1 Å². The zero-order chi connectivity index (χ0) is 22.5. The fourth-order valence-electron chi connectivity index (χ4n) is 3.57. The fraction of sp³-hybridized carbons (Fsp3) is 0.292. The molecule has 1 N–H and O–H groups in total. The minimum atomic E-state index is -0.483. The Hall–Kier alpha value is -3.68. The van der Waals surface area contributed by atoms with Crippen LogP contribution in [0.15, 0.2) is 66.1 Å². The average Bonchev–Trinajstić information content (AvgIpc) is 3.26. The Morgan fingerprint density at radius 2 is 1.97 bits per heavy atom. The molecule has 2 heterocycles. The van der Waals surface area contributed by atoms with Gasteiger partial charge in [0.15, 0.2) is 0 Å². The van der Waals surface area contributed by atoms with Crippen molar-refractivity contribution in [3.05, 3.63) is 83.1 Å². The van der Waals surface area contributed by atoms with Gasteiger partial charge in [-0.15, -0.1) is 0 Å². The number of hydrogen-bond donors (Lipinski definition) is 1. The number of halogens is 1. The van der Waals surface area contributed by atoms with E-state index >= 15 is 0 Å². The third-order valence-corrected chi connectivity index (χ3v) is 5.29. The second-order valence-electron chi connectivity index (χ2n) is 7.53. The van der Waals surface area contributed by atoms with Crippen molar-refractivity contribution in [1.82, 2.24) is 14.8 Å². The van der Waals surface area contributed by atoms with Gasteiger partial charge in [-0.2, -0.15) is 10.1 Å². The first-order chi connectivity index (χ1) is 15.6. The van der Waals surface area contributed by atoms with Gasteiger partial charge in [0, 0.05) is 11.3 Å². The molecule has 1 aliphatic rings. The SMILES string of the molecule is CCCCOC(=O)C1=C(C)Nc2ncnn2C1c1ccc(OCc2ccccc2F)cc1. The maximum absolute atomic E-state index is 13.8. The number of hydrogen-bond acceptors (Lipinski definition) is 6. The number of esters is 1. The third kappa shape index (κ3) is 4.49. The molecule has 1 unspecified atom stereocenters. The molecule has 8 heteroatoms. The molecule has 1 atom stereocenters. The summed E-state index contributed by atoms with van der Waals surface area (Å²) in [6.07, 6.45) is 3.19. The quantitative estimate of drug-likeness (QED) is 0.410. The smallest absolute Gasteiger partial charge is 0.338 e. The van der Waals surface area contributed by atoms with Crippen LogP contribution < -0.4 is 10.1 Å². The van der Waals surface area contributed by atoms with E-state index in [9.17, 15) is 9.18 Å². The molecular formula is C24H25FN4O3. The highest BCUT2D eigenvalue weighted by molar-refractivity contribution is 5.92. The predicted octanol–water partition coefficient (Wildman–Crippen LogP) is 4.63. The maximum atomic E-state index is 13.8. The molecule has 7 nitrogen and oxygen atoms in total. The van der Waals surface area contributed by atoms with E-state index in [1.165, 1.54) is 12.4 Å². The first-order valence-electron chi connectivity index (χ1n) is 10.6. The number of aromatic nitrogens is 3. The lowest BCUT2D eigenvalue weighted by molar-refractivity contribution is -0.139. The van der Waals surface area contributed by atoms with Gasteiger partial charge in [-0.1, -0.05) is 43.7 Å². The monoisotopic (exact) mass is 436 g/mol. The van der Waals surface area contributed by atoms with Gasteiger partial charge in [0.05, 0.1) is 12.2 Å². The summed E-state index contributed by atoms with van der Waals surface area (Å²) < 4.78 is 26.7. The van der Waals surface area contributed by atoms with Crippen LogP contribution in [0.25, 0.3) is 0 Å². The van der Waals surface area contributed by atoms with Crippen LogP contribution in [-0.2, 0) is 16.1 Å². The molecule has 0 bridgehead atoms. The van der Waals surface area contributed by atoms with Crippen LogP contribution in [-0.4, -0.2) is 27.3 Å². The van der Waals surface area contributed by atoms with Gasteiger partial charge in [-0.25, -0.2) is 13.9 Å². The lowest BCUT2D eigenvalue weighted by Gasteiger charge is -2.28. The molecule has 4 rings (SSSR count). The molecule has 0 amide bonds. The summed E-state index contributed by atoms with van der Waals surface area (Å²) >= 11 is 0. The molecule has 0 saturated carbocycles. The Bertz CT molecular complexity index is 1120. The van der Waals surface area contributed by atoms with Crippen molar-refractivity contribution < 1.29 is 18.7 Å². The highest BCUT2D eigenvalue weighted by Gasteiger charge is 2.34. The highest BCUT2D eigenvalue weighted by atomic mass is 19.1. The molecule has 0 saturated heterocycles. The first-order valence-corrected chi connectivity index (χ1v) is 10.6. The van der Waals surface area contributed by atoms with E-state index in [4.69, 9.17) is 9.47 Å². The lowest BCUT2D eigenvalue weighted by atomic mass is 9.96. The number of unbranched alkanes of at least 4 members (excludes halogenated alkanes) is 1. The molecule has 0 aliphatic carbocycles. The topological polar surface area (TPSA) is 78.3 Å². The van der Waals surface area contributed by atoms with Gasteiger partial charge in [-0.3, -0.25) is 0 Å². The summed E-state index contributed by atoms with van der Waals surface area (Å²) in [4.78, 5) is 17.2. The largest absolute Gasteiger partial charge is 0.489 e. The summed E-state index contributed by atoms with van der Waals surface area (Å²) in [5, 5.41) is 7.44. The zero-order valence-electron chi connectivity index (χ0n) is 18.0. The van der Waals surface area contributed by atoms with Crippen molar-refractivity contribution in [3.63, 3.8) is 0 Å². The highest BCUT2D eigenvalue weighted by Crippen LogP contribution is 2.35. The number of allylic oxidation sites excluding steroid dienone is 1. The van der Waals surface area contributed by atoms with E-state index in [0.29, 0.717) is 35.1 Å². The number of benzene rings is 2. The van der Waals surface area contributed by atoms with E-state index in [1.54, 1.807) is 35.0 Å². The van der Waals surface area contributed by atoms with Gasteiger partial charge >= 0.3 is 5.97 Å². The van der Waals surface area contributed by atoms with Crippen molar-refractivity contribution in [2.24, 2.45) is 0 Å². The van der Waals surface area contributed by atoms with Crippen LogP contribution in [0, 0.1) is 5.82 Å². The third-order valence-electron chi connectivity index (χ3n) is 5.29. The Morgan fingerprint density at radius 1 is 1.19 bits per heavy atom. The number of carbonyl (C=O) groups excluding carboxylic acids is 1. The van der Waals surface area contributed by atoms with Gasteiger partial charge in [0.1, 0.15) is 30.5 Å². The number of nitrogens with one attached hydrogen (secondary N) is 1. The standard InChI is InChI=1S/C24H25FN4O3/c1-3-4-13-31-23(30)21-16(2)28-24-26-15-27-29(24)22(21)17-9-11-19(12-10-17)32-14-18-7-5-6-8-20(18)25/h5-12,15,22H,3-4,13-14H2,1-2H3,(H,26,27,28). The number of carbonyl (C=O) groups is 1. The van der Waals surface area contributed by atoms with Crippen LogP contribution in [0.4, 0.5) is 10.3 Å². The Labute approximate surface area is 185 Å². The maximum Gasteiger partial charge on any atom is 0.338 e. The van der Waals surface area contributed by atoms with Crippen molar-refractivity contribution in [2.75, 3.05) is 11.9 Å². The predicted molar refractivity (Wildman–Crippen MR) is 118 cm³/mol. The molecule has 1 aliphatic heterocycles. The minimum absolute atomic E-state index is 0.126. The molecule has 166 valence electrons. The molecule has 0 fully saturated rings. The molecule has 0 spiro atoms. The van der Waals surface area contributed by atoms with E-state index < -0.39 is 6.04 Å². The molecule has 32 heavy (non-hydrogen) atoms. The van der Waals surface area contributed by atoms with Crippen LogP contribution in [0.5, 0.6) is 5.75 Å². The molecule has 0 radical (unpaired) electrons. The summed E-state index contributed by atoms with van der Waals surface area (Å²) in [6, 6.07) is 13.4. The van der Waals surface area contributed by atoms with Crippen molar-refractivity contribution in [1.29, 1.82) is 0 Å². The second kappa shape index (κ2) is 9.64. The Kier molecular flexibility index (Phi) is 6.49. The van der Waals surface area contributed by atoms with Crippen molar-refractivity contribution >= 4 is 11.9 Å². The number of fused-ring (bicyclic) bond motifs is 1. The molecule has 3 aromatic rings. The van der Waals surface area contributed by atoms with Crippen LogP contribution >= 0.6 is 0 Å². The number of anilines is 1. The van der Waals surface area contributed by atoms with Crippen molar-refractivity contribution in [2.45, 2.75) is 39.3 Å². The van der Waals surface area contributed by atoms with Gasteiger partial charge < -0.3 is 14.8 Å². The Morgan fingerprint density at radius 3 is 2.72 bits per heavy atom. The number of nitrogens with zero attached hydrogens (tertiary/aromatic N) is 3. The molecule has 1 aromatic heterocycles. The van der Waals surface area contributed by atoms with E-state index in [0.717, 1.165) is 18.4 Å². The van der Waals surface area contributed by atoms with E-state index in [1.807, 2.05) is 26.0 Å². The molecular weight excluding hydrogens is 411 g/mol. The summed E-state index contributed by atoms with van der Waals surface area (Å²) in [5.41, 5.74) is 2.48. The van der Waals surface area contributed by atoms with Gasteiger partial charge in [0.25, 0.3) is 0 Å². The Balaban J connectivity index is 1.57. The number of rotatable bonds is 8. The zero-order valence-corrected chi connectivity index (χ0v) is 18.0.